The average molecular weight is 294 g/mol. The average Bonchev–Trinajstić information content (AvgIpc) is 2.59. The summed E-state index contributed by atoms with van der Waals surface area (Å²) in [6, 6.07) is 0. The van der Waals surface area contributed by atoms with E-state index in [9.17, 15) is 0 Å². The van der Waals surface area contributed by atoms with Gasteiger partial charge in [0.05, 0.1) is 0 Å². The summed E-state index contributed by atoms with van der Waals surface area (Å²) in [4.78, 5) is 0. The molecule has 15 heavy (non-hydrogen) atoms. The van der Waals surface area contributed by atoms with E-state index in [1.165, 1.54) is 11.3 Å². The Labute approximate surface area is 102 Å². The highest BCUT2D eigenvalue weighted by molar-refractivity contribution is 9.11. The first-order valence-corrected chi connectivity index (χ1v) is 6.48. The van der Waals surface area contributed by atoms with Crippen LogP contribution in [0.4, 0.5) is 5.13 Å². The number of nitrogens with zero attached hydrogens (tertiary/aromatic N) is 2. The van der Waals surface area contributed by atoms with Crippen LogP contribution < -0.4 is 5.32 Å². The Balaban J connectivity index is 2.35. The van der Waals surface area contributed by atoms with Crippen LogP contribution in [0.1, 0.15) is 26.7 Å². The highest BCUT2D eigenvalue weighted by atomic mass is 79.9. The molecule has 0 bridgehead atoms. The van der Waals surface area contributed by atoms with E-state index in [-0.39, 0.29) is 12.0 Å². The highest BCUT2D eigenvalue weighted by Gasteiger charge is 2.17. The molecule has 0 fully saturated rings. The summed E-state index contributed by atoms with van der Waals surface area (Å²) >= 11 is 4.75. The Morgan fingerprint density at radius 2 is 2.20 bits per heavy atom. The number of halogens is 1. The molecule has 0 saturated heterocycles. The van der Waals surface area contributed by atoms with Gasteiger partial charge < -0.3 is 10.4 Å². The van der Waals surface area contributed by atoms with Crippen LogP contribution in [0.15, 0.2) is 3.92 Å². The second-order valence-electron chi connectivity index (χ2n) is 4.21. The van der Waals surface area contributed by atoms with Gasteiger partial charge in [-0.15, -0.1) is 10.2 Å². The lowest BCUT2D eigenvalue weighted by Crippen LogP contribution is -2.23. The van der Waals surface area contributed by atoms with E-state index < -0.39 is 0 Å². The zero-order chi connectivity index (χ0) is 11.3. The fourth-order valence-electron chi connectivity index (χ4n) is 1.24. The van der Waals surface area contributed by atoms with Gasteiger partial charge in [-0.3, -0.25) is 0 Å². The molecule has 0 atom stereocenters. The molecule has 86 valence electrons. The van der Waals surface area contributed by atoms with Gasteiger partial charge in [0.1, 0.15) is 0 Å². The van der Waals surface area contributed by atoms with Crippen molar-refractivity contribution in [2.75, 3.05) is 18.5 Å². The third kappa shape index (κ3) is 4.90. The largest absolute Gasteiger partial charge is 0.396 e. The van der Waals surface area contributed by atoms with Gasteiger partial charge in [-0.2, -0.15) is 0 Å². The van der Waals surface area contributed by atoms with Crippen LogP contribution in [0.25, 0.3) is 0 Å². The normalized spacial score (nSPS) is 11.7. The minimum atomic E-state index is 0.168. The van der Waals surface area contributed by atoms with Crippen molar-refractivity contribution in [3.05, 3.63) is 3.92 Å². The third-order valence-electron chi connectivity index (χ3n) is 2.13. The van der Waals surface area contributed by atoms with Gasteiger partial charge in [-0.1, -0.05) is 25.2 Å². The highest BCUT2D eigenvalue weighted by Crippen LogP contribution is 2.25. The van der Waals surface area contributed by atoms with E-state index in [4.69, 9.17) is 5.11 Å². The van der Waals surface area contributed by atoms with E-state index >= 15 is 0 Å². The maximum atomic E-state index is 8.77. The zero-order valence-corrected chi connectivity index (χ0v) is 11.4. The van der Waals surface area contributed by atoms with E-state index in [2.05, 4.69) is 45.3 Å². The summed E-state index contributed by atoms with van der Waals surface area (Å²) < 4.78 is 0.790. The zero-order valence-electron chi connectivity index (χ0n) is 8.96. The van der Waals surface area contributed by atoms with Gasteiger partial charge in [0.25, 0.3) is 0 Å². The molecule has 0 aliphatic heterocycles. The number of aromatic nitrogens is 2. The first-order valence-electron chi connectivity index (χ1n) is 4.87. The van der Waals surface area contributed by atoms with Gasteiger partial charge in [0.15, 0.2) is 3.92 Å². The van der Waals surface area contributed by atoms with Crippen LogP contribution in [0.3, 0.4) is 0 Å². The lowest BCUT2D eigenvalue weighted by Gasteiger charge is -2.24. The van der Waals surface area contributed by atoms with Crippen molar-refractivity contribution < 1.29 is 5.11 Å². The van der Waals surface area contributed by atoms with Crippen LogP contribution in [0.2, 0.25) is 0 Å². The van der Waals surface area contributed by atoms with Crippen LogP contribution in [-0.4, -0.2) is 28.5 Å². The van der Waals surface area contributed by atoms with E-state index in [1.807, 2.05) is 0 Å². The maximum Gasteiger partial charge on any atom is 0.206 e. The maximum absolute atomic E-state index is 8.77. The van der Waals surface area contributed by atoms with Crippen LogP contribution >= 0.6 is 27.3 Å². The van der Waals surface area contributed by atoms with Crippen molar-refractivity contribution in [3.8, 4) is 0 Å². The minimum Gasteiger partial charge on any atom is -0.396 e. The molecule has 0 unspecified atom stereocenters. The number of aliphatic hydroxyl groups is 1. The van der Waals surface area contributed by atoms with E-state index in [1.54, 1.807) is 0 Å². The standard InChI is InChI=1S/C9H16BrN3OS/c1-9(2,4-3-5-14)6-11-8-13-12-7(10)15-8/h14H,3-6H2,1-2H3,(H,11,13). The summed E-state index contributed by atoms with van der Waals surface area (Å²) in [6.07, 6.45) is 1.84. The number of nitrogens with one attached hydrogen (secondary N) is 1. The molecule has 1 rings (SSSR count). The molecule has 0 spiro atoms. The molecule has 0 amide bonds. The summed E-state index contributed by atoms with van der Waals surface area (Å²) in [5, 5.41) is 20.7. The molecule has 1 aromatic heterocycles. The summed E-state index contributed by atoms with van der Waals surface area (Å²) in [6.45, 7) is 5.44. The third-order valence-corrected chi connectivity index (χ3v) is 3.44. The van der Waals surface area contributed by atoms with Gasteiger partial charge in [-0.25, -0.2) is 0 Å². The number of rotatable bonds is 6. The number of hydrogen-bond donors (Lipinski definition) is 2. The summed E-state index contributed by atoms with van der Waals surface area (Å²) in [5.41, 5.74) is 0.168. The molecule has 4 nitrogen and oxygen atoms in total. The number of aliphatic hydroxyl groups excluding tert-OH is 1. The van der Waals surface area contributed by atoms with Crippen LogP contribution in [-0.2, 0) is 0 Å². The quantitative estimate of drug-likeness (QED) is 0.846. The lowest BCUT2D eigenvalue weighted by atomic mass is 9.88. The van der Waals surface area contributed by atoms with Crippen LogP contribution in [0.5, 0.6) is 0 Å². The molecule has 1 aromatic rings. The fraction of sp³-hybridized carbons (Fsp3) is 0.778. The molecule has 0 radical (unpaired) electrons. The van der Waals surface area contributed by atoms with Crippen LogP contribution in [0, 0.1) is 5.41 Å². The molecule has 0 aliphatic rings. The van der Waals surface area contributed by atoms with Crippen molar-refractivity contribution >= 4 is 32.4 Å². The van der Waals surface area contributed by atoms with Crippen molar-refractivity contribution in [3.63, 3.8) is 0 Å². The number of hydrogen-bond acceptors (Lipinski definition) is 5. The van der Waals surface area contributed by atoms with Crippen molar-refractivity contribution in [2.45, 2.75) is 26.7 Å². The van der Waals surface area contributed by atoms with Gasteiger partial charge in [0, 0.05) is 13.2 Å². The lowest BCUT2D eigenvalue weighted by molar-refractivity contribution is 0.248. The molecule has 2 N–H and O–H groups in total. The predicted molar refractivity (Wildman–Crippen MR) is 66.2 cm³/mol. The Morgan fingerprint density at radius 1 is 1.47 bits per heavy atom. The van der Waals surface area contributed by atoms with E-state index in [0.29, 0.717) is 0 Å². The Morgan fingerprint density at radius 3 is 2.73 bits per heavy atom. The molecule has 0 aromatic carbocycles. The molecule has 0 saturated carbocycles. The smallest absolute Gasteiger partial charge is 0.206 e. The summed E-state index contributed by atoms with van der Waals surface area (Å²) in [7, 11) is 0. The molecule has 6 heteroatoms. The molecule has 0 aliphatic carbocycles. The van der Waals surface area contributed by atoms with Crippen molar-refractivity contribution in [1.82, 2.24) is 10.2 Å². The molecule has 1 heterocycles. The van der Waals surface area contributed by atoms with Crippen molar-refractivity contribution in [2.24, 2.45) is 5.41 Å². The predicted octanol–water partition coefficient (Wildman–Crippen LogP) is 2.51. The van der Waals surface area contributed by atoms with Crippen molar-refractivity contribution in [1.29, 1.82) is 0 Å². The second-order valence-corrected chi connectivity index (χ2v) is 6.46. The fourth-order valence-corrected chi connectivity index (χ4v) is 2.24. The molecular formula is C9H16BrN3OS. The Hall–Kier alpha value is -0.200. The summed E-state index contributed by atoms with van der Waals surface area (Å²) in [5.74, 6) is 0. The molecular weight excluding hydrogens is 278 g/mol. The van der Waals surface area contributed by atoms with Gasteiger partial charge in [-0.05, 0) is 34.2 Å². The van der Waals surface area contributed by atoms with Gasteiger partial charge in [0.2, 0.25) is 5.13 Å². The topological polar surface area (TPSA) is 58.0 Å². The van der Waals surface area contributed by atoms with Gasteiger partial charge >= 0.3 is 0 Å². The van der Waals surface area contributed by atoms with E-state index in [0.717, 1.165) is 28.4 Å². The minimum absolute atomic E-state index is 0.168. The SMILES string of the molecule is CC(C)(CCCO)CNc1nnc(Br)s1. The first-order chi connectivity index (χ1) is 7.03. The Bertz CT molecular complexity index is 303. The monoisotopic (exact) mass is 293 g/mol. The second kappa shape index (κ2) is 5.77. The number of anilines is 1. The Kier molecular flexibility index (Phi) is 4.95. The first kappa shape index (κ1) is 12.9.